The Morgan fingerprint density at radius 3 is 2.47 bits per heavy atom. The van der Waals surface area contributed by atoms with Crippen LogP contribution >= 0.6 is 0 Å². The number of benzene rings is 2. The van der Waals surface area contributed by atoms with Crippen LogP contribution in [0.4, 0.5) is 4.39 Å². The lowest BCUT2D eigenvalue weighted by atomic mass is 9.60. The van der Waals surface area contributed by atoms with Gasteiger partial charge in [0.05, 0.1) is 12.1 Å². The van der Waals surface area contributed by atoms with Crippen molar-refractivity contribution in [2.24, 2.45) is 5.92 Å². The number of rotatable bonds is 5. The largest absolute Gasteiger partial charge is 0.395 e. The highest BCUT2D eigenvalue weighted by atomic mass is 19.1. The van der Waals surface area contributed by atoms with E-state index in [0.717, 1.165) is 43.7 Å². The summed E-state index contributed by atoms with van der Waals surface area (Å²) in [7, 11) is 0. The molecule has 0 aliphatic carbocycles. The van der Waals surface area contributed by atoms with Crippen molar-refractivity contribution >= 4 is 5.91 Å². The van der Waals surface area contributed by atoms with Gasteiger partial charge < -0.3 is 14.7 Å². The van der Waals surface area contributed by atoms with Crippen LogP contribution in [-0.4, -0.2) is 71.8 Å². The lowest BCUT2D eigenvalue weighted by Gasteiger charge is -2.71. The van der Waals surface area contributed by atoms with Gasteiger partial charge in [0.1, 0.15) is 5.82 Å². The van der Waals surface area contributed by atoms with Gasteiger partial charge in [0.2, 0.25) is 5.91 Å². The Balaban J connectivity index is 1.40. The van der Waals surface area contributed by atoms with Crippen molar-refractivity contribution in [2.75, 3.05) is 39.5 Å². The number of hydrogen-bond donors (Lipinski definition) is 1. The monoisotopic (exact) mass is 438 g/mol. The fourth-order valence-corrected chi connectivity index (χ4v) is 5.99. The van der Waals surface area contributed by atoms with Crippen LogP contribution in [0.1, 0.15) is 31.2 Å². The van der Waals surface area contributed by atoms with Crippen molar-refractivity contribution in [1.82, 2.24) is 9.80 Å². The zero-order valence-corrected chi connectivity index (χ0v) is 18.5. The van der Waals surface area contributed by atoms with Crippen LogP contribution in [0, 0.1) is 11.7 Å². The van der Waals surface area contributed by atoms with Gasteiger partial charge in [-0.1, -0.05) is 36.4 Å². The Morgan fingerprint density at radius 2 is 1.84 bits per heavy atom. The molecule has 2 aromatic rings. The molecule has 6 heteroatoms. The van der Waals surface area contributed by atoms with E-state index in [1.807, 2.05) is 23.1 Å². The number of nitrogens with zero attached hydrogens (tertiary/aromatic N) is 2. The molecule has 32 heavy (non-hydrogen) atoms. The highest BCUT2D eigenvalue weighted by Crippen LogP contribution is 2.54. The number of likely N-dealkylation sites (tertiary alicyclic amines) is 2. The van der Waals surface area contributed by atoms with Crippen molar-refractivity contribution < 1.29 is 19.0 Å². The highest BCUT2D eigenvalue weighted by molar-refractivity contribution is 5.75. The minimum absolute atomic E-state index is 0.0481. The van der Waals surface area contributed by atoms with Crippen LogP contribution in [0.25, 0.3) is 11.1 Å². The van der Waals surface area contributed by atoms with E-state index < -0.39 is 0 Å². The van der Waals surface area contributed by atoms with E-state index in [2.05, 4.69) is 17.0 Å². The minimum atomic E-state index is -0.243. The van der Waals surface area contributed by atoms with Gasteiger partial charge in [-0.25, -0.2) is 4.39 Å². The first-order valence-electron chi connectivity index (χ1n) is 11.6. The molecule has 0 aromatic heterocycles. The molecule has 5 nitrogen and oxygen atoms in total. The van der Waals surface area contributed by atoms with Crippen molar-refractivity contribution in [3.63, 3.8) is 0 Å². The molecule has 5 rings (SSSR count). The third-order valence-electron chi connectivity index (χ3n) is 7.72. The smallest absolute Gasteiger partial charge is 0.219 e. The summed E-state index contributed by atoms with van der Waals surface area (Å²) in [5.41, 5.74) is 2.89. The van der Waals surface area contributed by atoms with Gasteiger partial charge in [0.25, 0.3) is 0 Å². The number of carbonyl (C=O) groups is 1. The van der Waals surface area contributed by atoms with Gasteiger partial charge in [0, 0.05) is 51.7 Å². The van der Waals surface area contributed by atoms with Crippen LogP contribution in [0.5, 0.6) is 0 Å². The van der Waals surface area contributed by atoms with Crippen LogP contribution < -0.4 is 0 Å². The second-order valence-electron chi connectivity index (χ2n) is 9.55. The maximum Gasteiger partial charge on any atom is 0.219 e. The summed E-state index contributed by atoms with van der Waals surface area (Å²) < 4.78 is 19.2. The Bertz CT molecular complexity index is 967. The number of ether oxygens (including phenoxy) is 1. The van der Waals surface area contributed by atoms with E-state index in [0.29, 0.717) is 19.0 Å². The predicted octanol–water partition coefficient (Wildman–Crippen LogP) is 3.28. The molecule has 3 fully saturated rings. The number of hydrogen-bond acceptors (Lipinski definition) is 4. The summed E-state index contributed by atoms with van der Waals surface area (Å²) in [5, 5.41) is 10.3. The van der Waals surface area contributed by atoms with E-state index in [-0.39, 0.29) is 35.8 Å². The standard InChI is InChI=1S/C26H31FN2O3/c1-18(31)28-16-26(17-28)25(24(15-30)29(26)14-19-9-11-32-12-10-19)21-7-5-20(6-8-21)22-3-2-4-23(27)13-22/h2-8,13,19,24-25,30H,9-12,14-17H2,1H3/t24-,25+/m0/s1. The third kappa shape index (κ3) is 3.64. The lowest BCUT2D eigenvalue weighted by molar-refractivity contribution is -0.200. The second-order valence-corrected chi connectivity index (χ2v) is 9.55. The molecule has 3 saturated heterocycles. The molecular formula is C26H31FN2O3. The predicted molar refractivity (Wildman–Crippen MR) is 121 cm³/mol. The van der Waals surface area contributed by atoms with Crippen molar-refractivity contribution in [2.45, 2.75) is 37.3 Å². The molecule has 1 N–H and O–H groups in total. The first-order valence-corrected chi connectivity index (χ1v) is 11.6. The van der Waals surface area contributed by atoms with Crippen LogP contribution in [0.3, 0.4) is 0 Å². The number of aliphatic hydroxyl groups excluding tert-OH is 1. The quantitative estimate of drug-likeness (QED) is 0.779. The summed E-state index contributed by atoms with van der Waals surface area (Å²) >= 11 is 0. The summed E-state index contributed by atoms with van der Waals surface area (Å²) in [6.45, 7) is 5.69. The molecule has 0 unspecified atom stereocenters. The Labute approximate surface area is 188 Å². The third-order valence-corrected chi connectivity index (χ3v) is 7.72. The molecule has 0 radical (unpaired) electrons. The topological polar surface area (TPSA) is 53.0 Å². The molecule has 3 aliphatic rings. The summed E-state index contributed by atoms with van der Waals surface area (Å²) in [6.07, 6.45) is 2.10. The van der Waals surface area contributed by atoms with Crippen LogP contribution in [0.2, 0.25) is 0 Å². The summed E-state index contributed by atoms with van der Waals surface area (Å²) in [5.74, 6) is 0.601. The molecule has 0 bridgehead atoms. The molecule has 3 aliphatic heterocycles. The maximum atomic E-state index is 13.6. The van der Waals surface area contributed by atoms with Crippen molar-refractivity contribution in [3.8, 4) is 11.1 Å². The van der Waals surface area contributed by atoms with Crippen molar-refractivity contribution in [1.29, 1.82) is 0 Å². The molecular weight excluding hydrogens is 407 g/mol. The fraction of sp³-hybridized carbons (Fsp3) is 0.500. The second kappa shape index (κ2) is 8.58. The molecule has 2 aromatic carbocycles. The lowest BCUT2D eigenvalue weighted by Crippen LogP contribution is -2.85. The average Bonchev–Trinajstić information content (AvgIpc) is 2.76. The molecule has 1 spiro atoms. The van der Waals surface area contributed by atoms with E-state index in [1.54, 1.807) is 19.1 Å². The van der Waals surface area contributed by atoms with E-state index in [1.165, 1.54) is 11.6 Å². The maximum absolute atomic E-state index is 13.6. The van der Waals surface area contributed by atoms with E-state index >= 15 is 0 Å². The normalized spacial score (nSPS) is 25.4. The Kier molecular flexibility index (Phi) is 5.78. The van der Waals surface area contributed by atoms with Gasteiger partial charge in [-0.05, 0) is 47.6 Å². The number of amides is 1. The molecule has 0 saturated carbocycles. The summed E-state index contributed by atoms with van der Waals surface area (Å²) in [6, 6.07) is 15.0. The van der Waals surface area contributed by atoms with Gasteiger partial charge in [-0.2, -0.15) is 0 Å². The zero-order valence-electron chi connectivity index (χ0n) is 18.5. The number of carbonyl (C=O) groups excluding carboxylic acids is 1. The SMILES string of the molecule is CC(=O)N1CC2(C1)[C@H](c1ccc(-c3cccc(F)c3)cc1)[C@H](CO)N2CC1CCOCC1. The Morgan fingerprint density at radius 1 is 1.12 bits per heavy atom. The molecule has 170 valence electrons. The van der Waals surface area contributed by atoms with Gasteiger partial charge >= 0.3 is 0 Å². The van der Waals surface area contributed by atoms with Crippen LogP contribution in [0.15, 0.2) is 48.5 Å². The van der Waals surface area contributed by atoms with E-state index in [9.17, 15) is 14.3 Å². The average molecular weight is 439 g/mol. The first-order chi connectivity index (χ1) is 15.5. The highest BCUT2D eigenvalue weighted by Gasteiger charge is 2.66. The van der Waals surface area contributed by atoms with E-state index in [4.69, 9.17) is 4.74 Å². The number of aliphatic hydroxyl groups is 1. The fourth-order valence-electron chi connectivity index (χ4n) is 5.99. The van der Waals surface area contributed by atoms with Gasteiger partial charge in [-0.3, -0.25) is 9.69 Å². The molecule has 1 amide bonds. The minimum Gasteiger partial charge on any atom is -0.395 e. The molecule has 2 atom stereocenters. The van der Waals surface area contributed by atoms with Gasteiger partial charge in [0.15, 0.2) is 0 Å². The summed E-state index contributed by atoms with van der Waals surface area (Å²) in [4.78, 5) is 16.4. The number of halogens is 1. The zero-order chi connectivity index (χ0) is 22.3. The Hall–Kier alpha value is -2.28. The van der Waals surface area contributed by atoms with Crippen LogP contribution in [-0.2, 0) is 9.53 Å². The first kappa shape index (κ1) is 21.6. The van der Waals surface area contributed by atoms with Gasteiger partial charge in [-0.15, -0.1) is 0 Å². The molecule has 3 heterocycles. The van der Waals surface area contributed by atoms with Crippen molar-refractivity contribution in [3.05, 3.63) is 59.9 Å².